The summed E-state index contributed by atoms with van der Waals surface area (Å²) in [5.74, 6) is 0. The first-order valence-corrected chi connectivity index (χ1v) is 12.2. The summed E-state index contributed by atoms with van der Waals surface area (Å²) in [5.41, 5.74) is 0.850. The second kappa shape index (κ2) is 16.8. The maximum Gasteiger partial charge on any atom is 0.130 e. The van der Waals surface area contributed by atoms with Crippen LogP contribution in [0.3, 0.4) is 0 Å². The lowest BCUT2D eigenvalue weighted by Gasteiger charge is -2.23. The Balaban J connectivity index is 1.89. The van der Waals surface area contributed by atoms with Crippen LogP contribution >= 0.6 is 0 Å². The fourth-order valence-corrected chi connectivity index (χ4v) is 4.13. The molecule has 0 aliphatic heterocycles. The monoisotopic (exact) mass is 386 g/mol. The second-order valence-electron chi connectivity index (χ2n) is 8.95. The number of carbonyl (C=O) groups excluding carboxylic acids is 1. The van der Waals surface area contributed by atoms with Gasteiger partial charge in [0.2, 0.25) is 0 Å². The molecule has 0 radical (unpaired) electrons. The van der Waals surface area contributed by atoms with Crippen molar-refractivity contribution in [2.24, 2.45) is 0 Å². The summed E-state index contributed by atoms with van der Waals surface area (Å²) in [7, 11) is 0. The number of carbonyl (C=O) groups is 1. The highest BCUT2D eigenvalue weighted by atomic mass is 16.1. The minimum atomic E-state index is -0.308. The molecule has 1 aromatic carbocycles. The topological polar surface area (TPSA) is 17.1 Å². The first-order valence-electron chi connectivity index (χ1n) is 12.2. The zero-order chi connectivity index (χ0) is 20.3. The lowest BCUT2D eigenvalue weighted by molar-refractivity contribution is -0.112. The Morgan fingerprint density at radius 3 is 1.43 bits per heavy atom. The zero-order valence-corrected chi connectivity index (χ0v) is 18.9. The van der Waals surface area contributed by atoms with Crippen molar-refractivity contribution in [1.29, 1.82) is 0 Å². The van der Waals surface area contributed by atoms with Crippen molar-refractivity contribution in [3.63, 3.8) is 0 Å². The number of hydrogen-bond donors (Lipinski definition) is 0. The van der Waals surface area contributed by atoms with Gasteiger partial charge < -0.3 is 4.79 Å². The predicted molar refractivity (Wildman–Crippen MR) is 124 cm³/mol. The smallest absolute Gasteiger partial charge is 0.130 e. The van der Waals surface area contributed by atoms with Crippen LogP contribution in [0.4, 0.5) is 0 Å². The molecule has 0 amide bonds. The molecule has 1 aromatic rings. The van der Waals surface area contributed by atoms with E-state index in [1.807, 2.05) is 18.2 Å². The van der Waals surface area contributed by atoms with E-state index in [0.717, 1.165) is 24.7 Å². The Labute approximate surface area is 175 Å². The lowest BCUT2D eigenvalue weighted by Crippen LogP contribution is -2.23. The highest BCUT2D eigenvalue weighted by molar-refractivity contribution is 5.67. The summed E-state index contributed by atoms with van der Waals surface area (Å²) in [4.78, 5) is 11.6. The molecular weight excluding hydrogens is 340 g/mol. The molecule has 160 valence electrons. The molecule has 28 heavy (non-hydrogen) atoms. The van der Waals surface area contributed by atoms with Crippen LogP contribution < -0.4 is 0 Å². The van der Waals surface area contributed by atoms with Crippen LogP contribution in [-0.2, 0) is 10.2 Å². The molecule has 1 nitrogen and oxygen atoms in total. The van der Waals surface area contributed by atoms with Crippen molar-refractivity contribution >= 4 is 6.29 Å². The summed E-state index contributed by atoms with van der Waals surface area (Å²) < 4.78 is 0. The third kappa shape index (κ3) is 11.7. The van der Waals surface area contributed by atoms with E-state index in [1.165, 1.54) is 96.3 Å². The molecule has 1 heteroatoms. The van der Waals surface area contributed by atoms with Gasteiger partial charge in [-0.1, -0.05) is 140 Å². The summed E-state index contributed by atoms with van der Waals surface area (Å²) in [5, 5.41) is 0. The quantitative estimate of drug-likeness (QED) is 0.171. The summed E-state index contributed by atoms with van der Waals surface area (Å²) in [6, 6.07) is 10.3. The van der Waals surface area contributed by atoms with Crippen molar-refractivity contribution in [1.82, 2.24) is 0 Å². The van der Waals surface area contributed by atoms with Crippen LogP contribution in [0.2, 0.25) is 0 Å². The zero-order valence-electron chi connectivity index (χ0n) is 18.9. The van der Waals surface area contributed by atoms with E-state index in [4.69, 9.17) is 0 Å². The Morgan fingerprint density at radius 1 is 0.643 bits per heavy atom. The number of aldehydes is 1. The molecule has 1 unspecified atom stereocenters. The molecule has 0 spiro atoms. The van der Waals surface area contributed by atoms with Gasteiger partial charge in [-0.05, 0) is 18.9 Å². The molecule has 0 saturated heterocycles. The number of hydrogen-bond acceptors (Lipinski definition) is 1. The van der Waals surface area contributed by atoms with E-state index in [2.05, 4.69) is 26.0 Å². The molecule has 1 rings (SSSR count). The first-order chi connectivity index (χ1) is 13.7. The fourth-order valence-electron chi connectivity index (χ4n) is 4.13. The highest BCUT2D eigenvalue weighted by Gasteiger charge is 2.24. The Hall–Kier alpha value is -1.11. The van der Waals surface area contributed by atoms with Crippen molar-refractivity contribution < 1.29 is 4.79 Å². The van der Waals surface area contributed by atoms with Gasteiger partial charge in [0.25, 0.3) is 0 Å². The van der Waals surface area contributed by atoms with Gasteiger partial charge in [-0.25, -0.2) is 0 Å². The van der Waals surface area contributed by atoms with Crippen LogP contribution in [0.25, 0.3) is 0 Å². The van der Waals surface area contributed by atoms with Gasteiger partial charge in [0, 0.05) is 5.41 Å². The standard InChI is InChI=1S/C27H46O/c1-3-4-5-6-7-8-9-10-11-12-13-14-15-16-17-21-24-27(2,25-28)26-22-19-18-20-23-26/h18-20,22-23,25H,3-17,21,24H2,1-2H3. The molecule has 0 N–H and O–H groups in total. The normalized spacial score (nSPS) is 13.4. The highest BCUT2D eigenvalue weighted by Crippen LogP contribution is 2.28. The molecule has 0 aliphatic rings. The van der Waals surface area contributed by atoms with Crippen molar-refractivity contribution in [3.8, 4) is 0 Å². The Bertz CT molecular complexity index is 466. The molecule has 0 fully saturated rings. The third-order valence-electron chi connectivity index (χ3n) is 6.24. The minimum absolute atomic E-state index is 0.308. The number of benzene rings is 1. The fraction of sp³-hybridized carbons (Fsp3) is 0.741. The van der Waals surface area contributed by atoms with E-state index >= 15 is 0 Å². The van der Waals surface area contributed by atoms with Gasteiger partial charge in [-0.15, -0.1) is 0 Å². The maximum atomic E-state index is 11.6. The Kier molecular flexibility index (Phi) is 15.0. The number of rotatable bonds is 19. The molecule has 0 saturated carbocycles. The van der Waals surface area contributed by atoms with Crippen LogP contribution in [0.5, 0.6) is 0 Å². The van der Waals surface area contributed by atoms with E-state index in [-0.39, 0.29) is 5.41 Å². The van der Waals surface area contributed by atoms with E-state index < -0.39 is 0 Å². The second-order valence-corrected chi connectivity index (χ2v) is 8.95. The molecule has 0 bridgehead atoms. The van der Waals surface area contributed by atoms with Gasteiger partial charge in [0.05, 0.1) is 0 Å². The predicted octanol–water partition coefficient (Wildman–Crippen LogP) is 8.79. The van der Waals surface area contributed by atoms with Gasteiger partial charge in [0.1, 0.15) is 6.29 Å². The van der Waals surface area contributed by atoms with Crippen molar-refractivity contribution in [2.75, 3.05) is 0 Å². The largest absolute Gasteiger partial charge is 0.302 e. The van der Waals surface area contributed by atoms with Crippen molar-refractivity contribution in [3.05, 3.63) is 35.9 Å². The summed E-state index contributed by atoms with van der Waals surface area (Å²) in [6.45, 7) is 4.37. The van der Waals surface area contributed by atoms with Gasteiger partial charge >= 0.3 is 0 Å². The van der Waals surface area contributed by atoms with Gasteiger partial charge in [0.15, 0.2) is 0 Å². The van der Waals surface area contributed by atoms with Crippen LogP contribution in [-0.4, -0.2) is 6.29 Å². The maximum absolute atomic E-state index is 11.6. The van der Waals surface area contributed by atoms with Crippen LogP contribution in [0.15, 0.2) is 30.3 Å². The first kappa shape index (κ1) is 24.9. The SMILES string of the molecule is CCCCCCCCCCCCCCCCCCC(C)(C=O)c1ccccc1. The average Bonchev–Trinajstić information content (AvgIpc) is 2.74. The summed E-state index contributed by atoms with van der Waals surface area (Å²) >= 11 is 0. The molecule has 1 atom stereocenters. The molecule has 0 heterocycles. The summed E-state index contributed by atoms with van der Waals surface area (Å²) in [6.07, 6.45) is 24.3. The molecular formula is C27H46O. The van der Waals surface area contributed by atoms with Gasteiger partial charge in [-0.3, -0.25) is 0 Å². The van der Waals surface area contributed by atoms with Gasteiger partial charge in [-0.2, -0.15) is 0 Å². The van der Waals surface area contributed by atoms with E-state index in [9.17, 15) is 4.79 Å². The van der Waals surface area contributed by atoms with Crippen molar-refractivity contribution in [2.45, 2.75) is 128 Å². The molecule has 0 aromatic heterocycles. The molecule has 0 aliphatic carbocycles. The Morgan fingerprint density at radius 2 is 1.04 bits per heavy atom. The third-order valence-corrected chi connectivity index (χ3v) is 6.24. The van der Waals surface area contributed by atoms with E-state index in [0.29, 0.717) is 0 Å². The lowest BCUT2D eigenvalue weighted by atomic mass is 9.79. The minimum Gasteiger partial charge on any atom is -0.302 e. The average molecular weight is 387 g/mol. The van der Waals surface area contributed by atoms with Crippen LogP contribution in [0.1, 0.15) is 129 Å². The van der Waals surface area contributed by atoms with E-state index in [1.54, 1.807) is 0 Å². The van der Waals surface area contributed by atoms with Crippen LogP contribution in [0, 0.1) is 0 Å². The number of unbranched alkanes of at least 4 members (excludes halogenated alkanes) is 15.